The number of carbonyl (C=O) groups excluding carboxylic acids is 2. The summed E-state index contributed by atoms with van der Waals surface area (Å²) in [6.07, 6.45) is 1.69. The van der Waals surface area contributed by atoms with E-state index in [1.807, 2.05) is 36.4 Å². The molecule has 3 heterocycles. The molecule has 0 aliphatic carbocycles. The van der Waals surface area contributed by atoms with Gasteiger partial charge in [-0.3, -0.25) is 9.59 Å². The number of nitrogens with zero attached hydrogens (tertiary/aromatic N) is 5. The molecule has 2 fully saturated rings. The molecule has 2 saturated heterocycles. The van der Waals surface area contributed by atoms with Gasteiger partial charge in [-0.2, -0.15) is 0 Å². The normalized spacial score (nSPS) is 17.1. The van der Waals surface area contributed by atoms with Crippen molar-refractivity contribution >= 4 is 40.8 Å². The zero-order valence-electron chi connectivity index (χ0n) is 22.3. The molecule has 2 amide bonds. The van der Waals surface area contributed by atoms with E-state index >= 15 is 0 Å². The Labute approximate surface area is 243 Å². The minimum atomic E-state index is -0.309. The van der Waals surface area contributed by atoms with Gasteiger partial charge in [0.25, 0.3) is 5.91 Å². The van der Waals surface area contributed by atoms with Crippen molar-refractivity contribution in [3.63, 3.8) is 0 Å². The smallest absolute Gasteiger partial charge is 0.255 e. The van der Waals surface area contributed by atoms with Crippen LogP contribution in [0.4, 0.5) is 5.82 Å². The lowest BCUT2D eigenvalue weighted by atomic mass is 10.1. The number of aromatic nitrogens is 2. The highest BCUT2D eigenvalue weighted by atomic mass is 35.5. The van der Waals surface area contributed by atoms with Gasteiger partial charge >= 0.3 is 0 Å². The van der Waals surface area contributed by atoms with Crippen LogP contribution in [0.1, 0.15) is 23.2 Å². The number of halogens is 2. The van der Waals surface area contributed by atoms with Crippen molar-refractivity contribution in [3.8, 4) is 17.0 Å². The molecule has 40 heavy (non-hydrogen) atoms. The summed E-state index contributed by atoms with van der Waals surface area (Å²) in [7, 11) is 1.63. The lowest BCUT2D eigenvalue weighted by Gasteiger charge is -2.36. The van der Waals surface area contributed by atoms with E-state index in [0.717, 1.165) is 35.7 Å². The number of carbonyl (C=O) groups is 2. The second kappa shape index (κ2) is 12.8. The molecular formula is C29H31Cl2N5O4. The number of anilines is 1. The molecule has 11 heteroatoms. The molecular weight excluding hydrogens is 553 g/mol. The van der Waals surface area contributed by atoms with Crippen LogP contribution in [0.25, 0.3) is 11.3 Å². The molecule has 2 aromatic carbocycles. The fourth-order valence-corrected chi connectivity index (χ4v) is 5.43. The predicted molar refractivity (Wildman–Crippen MR) is 154 cm³/mol. The maximum Gasteiger partial charge on any atom is 0.255 e. The number of methoxy groups -OCH3 is 1. The van der Waals surface area contributed by atoms with E-state index in [4.69, 9.17) is 32.7 Å². The minimum Gasteiger partial charge on any atom is -0.497 e. The topological polar surface area (TPSA) is 88.1 Å². The summed E-state index contributed by atoms with van der Waals surface area (Å²) in [5, 5.41) is 9.52. The van der Waals surface area contributed by atoms with Crippen LogP contribution in [0.2, 0.25) is 10.0 Å². The van der Waals surface area contributed by atoms with E-state index in [1.54, 1.807) is 29.0 Å². The third-order valence-corrected chi connectivity index (χ3v) is 7.76. The molecule has 1 aromatic heterocycles. The Bertz CT molecular complexity index is 1330. The molecule has 0 bridgehead atoms. The summed E-state index contributed by atoms with van der Waals surface area (Å²) in [6.45, 7) is 3.21. The van der Waals surface area contributed by atoms with Gasteiger partial charge in [0.2, 0.25) is 5.91 Å². The molecule has 2 aliphatic rings. The molecule has 5 rings (SSSR count). The molecule has 3 aromatic rings. The first-order chi connectivity index (χ1) is 19.4. The second-order valence-electron chi connectivity index (χ2n) is 9.82. The maximum atomic E-state index is 13.4. The summed E-state index contributed by atoms with van der Waals surface area (Å²) in [5.74, 6) is 1.12. The third-order valence-electron chi connectivity index (χ3n) is 7.22. The van der Waals surface area contributed by atoms with Crippen LogP contribution in [-0.2, 0) is 9.53 Å². The lowest BCUT2D eigenvalue weighted by molar-refractivity contribution is -0.132. The van der Waals surface area contributed by atoms with E-state index in [2.05, 4.69) is 15.1 Å². The molecule has 0 saturated carbocycles. The van der Waals surface area contributed by atoms with Crippen LogP contribution in [-0.4, -0.2) is 90.9 Å². The number of amides is 2. The Hall–Kier alpha value is -3.40. The molecule has 1 atom stereocenters. The Morgan fingerprint density at radius 1 is 1.02 bits per heavy atom. The van der Waals surface area contributed by atoms with Crippen molar-refractivity contribution < 1.29 is 19.1 Å². The van der Waals surface area contributed by atoms with Gasteiger partial charge in [-0.15, -0.1) is 10.2 Å². The largest absolute Gasteiger partial charge is 0.497 e. The van der Waals surface area contributed by atoms with Crippen LogP contribution < -0.4 is 9.64 Å². The zero-order chi connectivity index (χ0) is 28.1. The number of benzene rings is 2. The summed E-state index contributed by atoms with van der Waals surface area (Å²) >= 11 is 12.3. The summed E-state index contributed by atoms with van der Waals surface area (Å²) < 4.78 is 11.0. The van der Waals surface area contributed by atoms with Crippen molar-refractivity contribution in [2.24, 2.45) is 0 Å². The number of ether oxygens (including phenoxy) is 2. The van der Waals surface area contributed by atoms with Gasteiger partial charge in [-0.1, -0.05) is 23.2 Å². The molecule has 0 N–H and O–H groups in total. The molecule has 2 aliphatic heterocycles. The summed E-state index contributed by atoms with van der Waals surface area (Å²) in [5.41, 5.74) is 2.05. The van der Waals surface area contributed by atoms with Crippen molar-refractivity contribution in [2.75, 3.05) is 57.9 Å². The average Bonchev–Trinajstić information content (AvgIpc) is 3.50. The highest BCUT2D eigenvalue weighted by Gasteiger charge is 2.29. The Morgan fingerprint density at radius 3 is 2.42 bits per heavy atom. The maximum absolute atomic E-state index is 13.4. The number of piperazine rings is 1. The van der Waals surface area contributed by atoms with Crippen molar-refractivity contribution in [3.05, 3.63) is 70.2 Å². The third kappa shape index (κ3) is 6.66. The first-order valence-electron chi connectivity index (χ1n) is 13.3. The van der Waals surface area contributed by atoms with E-state index in [-0.39, 0.29) is 29.5 Å². The van der Waals surface area contributed by atoms with E-state index in [0.29, 0.717) is 49.9 Å². The minimum absolute atomic E-state index is 0.0476. The Kier molecular flexibility index (Phi) is 9.04. The van der Waals surface area contributed by atoms with Gasteiger partial charge < -0.3 is 24.2 Å². The van der Waals surface area contributed by atoms with Gasteiger partial charge in [0, 0.05) is 49.9 Å². The van der Waals surface area contributed by atoms with Crippen molar-refractivity contribution in [2.45, 2.75) is 18.9 Å². The van der Waals surface area contributed by atoms with Crippen LogP contribution in [0.3, 0.4) is 0 Å². The molecule has 0 spiro atoms. The summed E-state index contributed by atoms with van der Waals surface area (Å²) in [6, 6.07) is 16.3. The van der Waals surface area contributed by atoms with Crippen LogP contribution in [0.5, 0.6) is 5.75 Å². The van der Waals surface area contributed by atoms with Gasteiger partial charge in [-0.05, 0) is 67.4 Å². The van der Waals surface area contributed by atoms with Crippen LogP contribution >= 0.6 is 23.2 Å². The molecule has 9 nitrogen and oxygen atoms in total. The van der Waals surface area contributed by atoms with E-state index in [9.17, 15) is 9.59 Å². The van der Waals surface area contributed by atoms with Crippen molar-refractivity contribution in [1.29, 1.82) is 0 Å². The molecule has 0 radical (unpaired) electrons. The monoisotopic (exact) mass is 583 g/mol. The van der Waals surface area contributed by atoms with Crippen LogP contribution in [0.15, 0.2) is 54.6 Å². The van der Waals surface area contributed by atoms with E-state index in [1.165, 1.54) is 6.07 Å². The SMILES string of the molecule is COc1ccc(-c2ccc(N3CCN(C(=O)CN(C[C@H]4CCCO4)C(=O)c4ccc(Cl)cc4Cl)CC3)nn2)cc1. The van der Waals surface area contributed by atoms with Gasteiger partial charge in [-0.25, -0.2) is 0 Å². The quantitative estimate of drug-likeness (QED) is 0.387. The Morgan fingerprint density at radius 2 is 1.80 bits per heavy atom. The standard InChI is InChI=1S/C29H31Cl2N5O4/c1-39-22-7-4-20(5-8-22)26-10-11-27(33-32-26)34-12-14-35(15-13-34)28(37)19-36(18-23-3-2-16-40-23)29(38)24-9-6-21(30)17-25(24)31/h4-11,17,23H,2-3,12-16,18-19H2,1H3/t23-/m1/s1. The molecule has 210 valence electrons. The summed E-state index contributed by atoms with van der Waals surface area (Å²) in [4.78, 5) is 32.2. The second-order valence-corrected chi connectivity index (χ2v) is 10.7. The van der Waals surface area contributed by atoms with Gasteiger partial charge in [0.1, 0.15) is 12.3 Å². The Balaban J connectivity index is 1.20. The van der Waals surface area contributed by atoms with Crippen LogP contribution in [0, 0.1) is 0 Å². The molecule has 0 unspecified atom stereocenters. The lowest BCUT2D eigenvalue weighted by Crippen LogP contribution is -2.52. The first kappa shape index (κ1) is 28.1. The number of hydrogen-bond donors (Lipinski definition) is 0. The highest BCUT2D eigenvalue weighted by molar-refractivity contribution is 6.36. The number of hydrogen-bond acceptors (Lipinski definition) is 7. The van der Waals surface area contributed by atoms with Gasteiger partial charge in [0.05, 0.1) is 29.5 Å². The first-order valence-corrected chi connectivity index (χ1v) is 14.0. The fraction of sp³-hybridized carbons (Fsp3) is 0.379. The zero-order valence-corrected chi connectivity index (χ0v) is 23.8. The fourth-order valence-electron chi connectivity index (χ4n) is 4.94. The van der Waals surface area contributed by atoms with Crippen molar-refractivity contribution in [1.82, 2.24) is 20.0 Å². The van der Waals surface area contributed by atoms with Gasteiger partial charge in [0.15, 0.2) is 5.82 Å². The highest BCUT2D eigenvalue weighted by Crippen LogP contribution is 2.25. The average molecular weight is 585 g/mol. The van der Waals surface area contributed by atoms with E-state index < -0.39 is 0 Å². The number of rotatable bonds is 8. The predicted octanol–water partition coefficient (Wildman–Crippen LogP) is 4.43.